The van der Waals surface area contributed by atoms with Crippen molar-refractivity contribution in [1.82, 2.24) is 15.2 Å². The first kappa shape index (κ1) is 5.66. The Morgan fingerprint density at radius 3 is 2.50 bits per heavy atom. The van der Waals surface area contributed by atoms with Crippen LogP contribution in [0.5, 0.6) is 0 Å². The fourth-order valence-corrected chi connectivity index (χ4v) is 0.167. The molecule has 1 rings (SSSR count). The molecule has 0 saturated heterocycles. The maximum absolute atomic E-state index is 3.56. The van der Waals surface area contributed by atoms with Crippen LogP contribution in [0.25, 0.3) is 0 Å². The molecule has 0 amide bonds. The van der Waals surface area contributed by atoms with Crippen molar-refractivity contribution in [3.63, 3.8) is 0 Å². The Morgan fingerprint density at radius 2 is 2.33 bits per heavy atom. The number of H-pyrrole nitrogens is 1. The van der Waals surface area contributed by atoms with Gasteiger partial charge < -0.3 is 0 Å². The summed E-state index contributed by atoms with van der Waals surface area (Å²) in [4.78, 5) is 3.56. The molecular formula is C2H3FeN3. The van der Waals surface area contributed by atoms with Gasteiger partial charge in [0.1, 0.15) is 12.7 Å². The van der Waals surface area contributed by atoms with Crippen molar-refractivity contribution in [3.8, 4) is 0 Å². The number of nitrogens with one attached hydrogen (secondary N) is 1. The van der Waals surface area contributed by atoms with E-state index in [2.05, 4.69) is 15.2 Å². The molecule has 0 aliphatic rings. The Labute approximate surface area is 45.6 Å². The molecule has 3 nitrogen and oxygen atoms in total. The van der Waals surface area contributed by atoms with Gasteiger partial charge in [0.15, 0.2) is 0 Å². The van der Waals surface area contributed by atoms with Crippen LogP contribution in [-0.2, 0) is 17.1 Å². The van der Waals surface area contributed by atoms with Crippen LogP contribution in [0.2, 0.25) is 0 Å². The van der Waals surface area contributed by atoms with Gasteiger partial charge >= 0.3 is 0 Å². The summed E-state index contributed by atoms with van der Waals surface area (Å²) in [6.45, 7) is 0. The fourth-order valence-electron chi connectivity index (χ4n) is 0.167. The SMILES string of the molecule is [Fe].c1nc[nH]n1. The van der Waals surface area contributed by atoms with Crippen LogP contribution in [-0.4, -0.2) is 15.2 Å². The van der Waals surface area contributed by atoms with E-state index in [0.29, 0.717) is 0 Å². The normalized spacial score (nSPS) is 6.67. The van der Waals surface area contributed by atoms with Crippen LogP contribution in [0, 0.1) is 0 Å². The van der Waals surface area contributed by atoms with Crippen LogP contribution in [0.1, 0.15) is 0 Å². The van der Waals surface area contributed by atoms with Crippen molar-refractivity contribution in [2.75, 3.05) is 0 Å². The van der Waals surface area contributed by atoms with Crippen molar-refractivity contribution in [2.24, 2.45) is 0 Å². The predicted octanol–water partition coefficient (Wildman–Crippen LogP) is -0.198. The average molecular weight is 125 g/mol. The van der Waals surface area contributed by atoms with Crippen molar-refractivity contribution < 1.29 is 17.1 Å². The van der Waals surface area contributed by atoms with Crippen molar-refractivity contribution in [3.05, 3.63) is 12.7 Å². The van der Waals surface area contributed by atoms with Gasteiger partial charge in [0.2, 0.25) is 0 Å². The van der Waals surface area contributed by atoms with E-state index in [4.69, 9.17) is 0 Å². The summed E-state index contributed by atoms with van der Waals surface area (Å²) in [7, 11) is 0. The Kier molecular flexibility index (Phi) is 2.71. The molecular weight excluding hydrogens is 122 g/mol. The quantitative estimate of drug-likeness (QED) is 0.488. The number of aromatic amines is 1. The number of hydrogen-bond acceptors (Lipinski definition) is 2. The molecule has 0 fully saturated rings. The van der Waals surface area contributed by atoms with Gasteiger partial charge in [0.25, 0.3) is 0 Å². The molecule has 0 aliphatic carbocycles. The van der Waals surface area contributed by atoms with Gasteiger partial charge in [0.05, 0.1) is 0 Å². The largest absolute Gasteiger partial charge is 0.266 e. The minimum absolute atomic E-state index is 0. The van der Waals surface area contributed by atoms with Crippen LogP contribution in [0.4, 0.5) is 0 Å². The Balaban J connectivity index is 0.000000250. The summed E-state index contributed by atoms with van der Waals surface area (Å²) in [5, 5.41) is 5.99. The minimum atomic E-state index is 0. The molecule has 0 saturated carbocycles. The van der Waals surface area contributed by atoms with Crippen LogP contribution in [0.15, 0.2) is 12.7 Å². The van der Waals surface area contributed by atoms with Crippen LogP contribution >= 0.6 is 0 Å². The smallest absolute Gasteiger partial charge is 0.137 e. The average Bonchev–Trinajstić information content (AvgIpc) is 1.76. The molecule has 1 N–H and O–H groups in total. The Bertz CT molecular complexity index is 65.3. The van der Waals surface area contributed by atoms with E-state index in [1.54, 1.807) is 0 Å². The fraction of sp³-hybridized carbons (Fsp3) is 0. The molecule has 0 bridgehead atoms. The van der Waals surface area contributed by atoms with E-state index < -0.39 is 0 Å². The maximum atomic E-state index is 3.56. The number of hydrogen-bond donors (Lipinski definition) is 1. The third-order valence-electron chi connectivity index (χ3n) is 0.331. The predicted molar refractivity (Wildman–Crippen MR) is 16.4 cm³/mol. The third-order valence-corrected chi connectivity index (χ3v) is 0.331. The topological polar surface area (TPSA) is 41.6 Å². The summed E-state index contributed by atoms with van der Waals surface area (Å²) >= 11 is 0. The van der Waals surface area contributed by atoms with Crippen LogP contribution < -0.4 is 0 Å². The summed E-state index contributed by atoms with van der Waals surface area (Å²) in [6, 6.07) is 0. The molecule has 6 heavy (non-hydrogen) atoms. The Morgan fingerprint density at radius 1 is 1.50 bits per heavy atom. The second-order valence-electron chi connectivity index (χ2n) is 0.652. The molecule has 0 atom stereocenters. The van der Waals surface area contributed by atoms with Crippen molar-refractivity contribution >= 4 is 0 Å². The number of nitrogens with zero attached hydrogens (tertiary/aromatic N) is 2. The summed E-state index contributed by atoms with van der Waals surface area (Å²) in [5.41, 5.74) is 0. The van der Waals surface area contributed by atoms with E-state index in [1.807, 2.05) is 0 Å². The zero-order valence-corrected chi connectivity index (χ0v) is 4.01. The zero-order valence-electron chi connectivity index (χ0n) is 2.90. The molecule has 1 aromatic heterocycles. The molecule has 1 heterocycles. The molecule has 0 radical (unpaired) electrons. The number of aromatic nitrogens is 3. The summed E-state index contributed by atoms with van der Waals surface area (Å²) in [6.07, 6.45) is 2.96. The molecule has 4 heteroatoms. The van der Waals surface area contributed by atoms with Gasteiger partial charge in [-0.2, -0.15) is 5.10 Å². The molecule has 0 spiro atoms. The van der Waals surface area contributed by atoms with Gasteiger partial charge in [-0.05, 0) is 0 Å². The molecule has 0 aromatic carbocycles. The minimum Gasteiger partial charge on any atom is -0.266 e. The second-order valence-corrected chi connectivity index (χ2v) is 0.652. The van der Waals surface area contributed by atoms with E-state index in [-0.39, 0.29) is 17.1 Å². The first-order chi connectivity index (χ1) is 2.50. The van der Waals surface area contributed by atoms with E-state index >= 15 is 0 Å². The molecule has 1 aromatic rings. The standard InChI is InChI=1S/C2H3N3.Fe/c1-3-2-5-4-1;/h1-2H,(H,3,4,5);. The van der Waals surface area contributed by atoms with Gasteiger partial charge in [-0.1, -0.05) is 0 Å². The van der Waals surface area contributed by atoms with Gasteiger partial charge in [-0.15, -0.1) is 0 Å². The van der Waals surface area contributed by atoms with Gasteiger partial charge in [-0.3, -0.25) is 5.10 Å². The van der Waals surface area contributed by atoms with E-state index in [9.17, 15) is 0 Å². The van der Waals surface area contributed by atoms with E-state index in [0.717, 1.165) is 0 Å². The molecule has 0 unspecified atom stereocenters. The summed E-state index contributed by atoms with van der Waals surface area (Å²) < 4.78 is 0. The number of rotatable bonds is 0. The second kappa shape index (κ2) is 2.87. The third kappa shape index (κ3) is 1.19. The first-order valence-electron chi connectivity index (χ1n) is 1.29. The maximum Gasteiger partial charge on any atom is 0.137 e. The van der Waals surface area contributed by atoms with Crippen molar-refractivity contribution in [1.29, 1.82) is 0 Å². The summed E-state index contributed by atoms with van der Waals surface area (Å²) in [5.74, 6) is 0. The first-order valence-corrected chi connectivity index (χ1v) is 1.29. The van der Waals surface area contributed by atoms with Crippen molar-refractivity contribution in [2.45, 2.75) is 0 Å². The van der Waals surface area contributed by atoms with Gasteiger partial charge in [0, 0.05) is 17.1 Å². The molecule has 0 aliphatic heterocycles. The van der Waals surface area contributed by atoms with Gasteiger partial charge in [-0.25, -0.2) is 4.98 Å². The van der Waals surface area contributed by atoms with E-state index in [1.165, 1.54) is 12.7 Å². The molecule has 34 valence electrons. The Hall–Kier alpha value is -0.341. The monoisotopic (exact) mass is 125 g/mol. The zero-order chi connectivity index (χ0) is 3.54. The van der Waals surface area contributed by atoms with Crippen LogP contribution in [0.3, 0.4) is 0 Å².